The summed E-state index contributed by atoms with van der Waals surface area (Å²) in [5.41, 5.74) is 0. The van der Waals surface area contributed by atoms with Crippen molar-refractivity contribution in [3.05, 3.63) is 0 Å². The number of nitrogens with zero attached hydrogens (tertiary/aromatic N) is 2. The third-order valence-corrected chi connectivity index (χ3v) is 3.59. The zero-order chi connectivity index (χ0) is 11.2. The van der Waals surface area contributed by atoms with Gasteiger partial charge in [-0.15, -0.1) is 0 Å². The lowest BCUT2D eigenvalue weighted by atomic mass is 10.1. The maximum Gasteiger partial charge on any atom is 0.116 e. The van der Waals surface area contributed by atoms with Gasteiger partial charge >= 0.3 is 0 Å². The van der Waals surface area contributed by atoms with Gasteiger partial charge in [-0.25, -0.2) is 0 Å². The standard InChI is InChI=1S/C13H25N3/c1-2-3-8-14-12-7-4-5-10-16-11-6-9-15-13(12)16/h12,14H,2-11H2,1H3. The second-order valence-corrected chi connectivity index (χ2v) is 4.94. The summed E-state index contributed by atoms with van der Waals surface area (Å²) in [6.07, 6.45) is 7.76. The van der Waals surface area contributed by atoms with E-state index in [0.717, 1.165) is 13.1 Å². The SMILES string of the molecule is CCCCNC1CCCCN2CCCN=C12. The van der Waals surface area contributed by atoms with Gasteiger partial charge in [-0.1, -0.05) is 13.3 Å². The van der Waals surface area contributed by atoms with E-state index in [9.17, 15) is 0 Å². The van der Waals surface area contributed by atoms with E-state index in [1.165, 1.54) is 57.5 Å². The summed E-state index contributed by atoms with van der Waals surface area (Å²) in [6, 6.07) is 0.536. The van der Waals surface area contributed by atoms with Crippen LogP contribution in [0.4, 0.5) is 0 Å². The Hall–Kier alpha value is -0.570. The molecule has 2 aliphatic rings. The first kappa shape index (κ1) is 11.9. The number of hydrogen-bond donors (Lipinski definition) is 1. The molecular weight excluding hydrogens is 198 g/mol. The van der Waals surface area contributed by atoms with E-state index in [2.05, 4.69) is 17.1 Å². The molecule has 0 aromatic heterocycles. The van der Waals surface area contributed by atoms with E-state index in [4.69, 9.17) is 4.99 Å². The van der Waals surface area contributed by atoms with Crippen LogP contribution in [-0.2, 0) is 0 Å². The molecular formula is C13H25N3. The average Bonchev–Trinajstić information content (AvgIpc) is 2.52. The van der Waals surface area contributed by atoms with E-state index >= 15 is 0 Å². The third kappa shape index (κ3) is 2.97. The van der Waals surface area contributed by atoms with Crippen LogP contribution in [0.3, 0.4) is 0 Å². The number of fused-ring (bicyclic) bond motifs is 1. The van der Waals surface area contributed by atoms with E-state index in [-0.39, 0.29) is 0 Å². The van der Waals surface area contributed by atoms with Crippen molar-refractivity contribution in [3.8, 4) is 0 Å². The second-order valence-electron chi connectivity index (χ2n) is 4.94. The van der Waals surface area contributed by atoms with Crippen LogP contribution in [0.5, 0.6) is 0 Å². The summed E-state index contributed by atoms with van der Waals surface area (Å²) in [7, 11) is 0. The van der Waals surface area contributed by atoms with Gasteiger partial charge in [-0.3, -0.25) is 4.99 Å². The molecule has 3 heteroatoms. The molecule has 0 amide bonds. The molecule has 1 fully saturated rings. The Balaban J connectivity index is 1.94. The molecule has 2 heterocycles. The van der Waals surface area contributed by atoms with E-state index in [0.29, 0.717) is 6.04 Å². The van der Waals surface area contributed by atoms with Gasteiger partial charge in [0.1, 0.15) is 5.84 Å². The van der Waals surface area contributed by atoms with Crippen molar-refractivity contribution in [2.75, 3.05) is 26.2 Å². The molecule has 0 spiro atoms. The Bertz CT molecular complexity index is 237. The Morgan fingerprint density at radius 2 is 2.19 bits per heavy atom. The molecule has 1 atom stereocenters. The number of unbranched alkanes of at least 4 members (excludes halogenated alkanes) is 1. The van der Waals surface area contributed by atoms with Crippen molar-refractivity contribution < 1.29 is 0 Å². The molecule has 92 valence electrons. The highest BCUT2D eigenvalue weighted by Crippen LogP contribution is 2.16. The largest absolute Gasteiger partial charge is 0.359 e. The number of amidine groups is 1. The van der Waals surface area contributed by atoms with Crippen LogP contribution >= 0.6 is 0 Å². The third-order valence-electron chi connectivity index (χ3n) is 3.59. The topological polar surface area (TPSA) is 27.6 Å². The number of nitrogens with one attached hydrogen (secondary N) is 1. The van der Waals surface area contributed by atoms with Gasteiger partial charge in [0, 0.05) is 19.6 Å². The Labute approximate surface area is 99.3 Å². The summed E-state index contributed by atoms with van der Waals surface area (Å²) in [6.45, 7) is 6.89. The van der Waals surface area contributed by atoms with E-state index < -0.39 is 0 Å². The molecule has 2 aliphatic heterocycles. The van der Waals surface area contributed by atoms with Gasteiger partial charge < -0.3 is 10.2 Å². The first-order valence-corrected chi connectivity index (χ1v) is 6.94. The summed E-state index contributed by atoms with van der Waals surface area (Å²) in [5.74, 6) is 1.36. The molecule has 1 N–H and O–H groups in total. The Morgan fingerprint density at radius 3 is 3.06 bits per heavy atom. The van der Waals surface area contributed by atoms with Crippen molar-refractivity contribution >= 4 is 5.84 Å². The van der Waals surface area contributed by atoms with Crippen LogP contribution in [0.15, 0.2) is 4.99 Å². The van der Waals surface area contributed by atoms with Crippen molar-refractivity contribution in [1.29, 1.82) is 0 Å². The van der Waals surface area contributed by atoms with Crippen LogP contribution in [-0.4, -0.2) is 43.0 Å². The molecule has 0 radical (unpaired) electrons. The zero-order valence-electron chi connectivity index (χ0n) is 10.5. The van der Waals surface area contributed by atoms with Crippen molar-refractivity contribution in [1.82, 2.24) is 10.2 Å². The van der Waals surface area contributed by atoms with Crippen LogP contribution < -0.4 is 5.32 Å². The second kappa shape index (κ2) is 6.24. The molecule has 0 aromatic carbocycles. The fraction of sp³-hybridized carbons (Fsp3) is 0.923. The fourth-order valence-electron chi connectivity index (χ4n) is 2.65. The Kier molecular flexibility index (Phi) is 4.64. The normalized spacial score (nSPS) is 25.9. The first-order valence-electron chi connectivity index (χ1n) is 6.94. The van der Waals surface area contributed by atoms with Gasteiger partial charge in [-0.05, 0) is 38.6 Å². The summed E-state index contributed by atoms with van der Waals surface area (Å²) in [5, 5.41) is 3.69. The summed E-state index contributed by atoms with van der Waals surface area (Å²) >= 11 is 0. The first-order chi connectivity index (χ1) is 7.92. The molecule has 16 heavy (non-hydrogen) atoms. The van der Waals surface area contributed by atoms with Gasteiger partial charge in [0.15, 0.2) is 0 Å². The maximum absolute atomic E-state index is 4.75. The highest BCUT2D eigenvalue weighted by atomic mass is 15.2. The monoisotopic (exact) mass is 223 g/mol. The molecule has 1 unspecified atom stereocenters. The molecule has 0 bridgehead atoms. The van der Waals surface area contributed by atoms with Crippen LogP contribution in [0.1, 0.15) is 45.4 Å². The average molecular weight is 223 g/mol. The minimum absolute atomic E-state index is 0.536. The number of aliphatic imine (C=N–C) groups is 1. The minimum atomic E-state index is 0.536. The van der Waals surface area contributed by atoms with Gasteiger partial charge in [0.2, 0.25) is 0 Å². The predicted octanol–water partition coefficient (Wildman–Crippen LogP) is 2.03. The smallest absolute Gasteiger partial charge is 0.116 e. The van der Waals surface area contributed by atoms with Crippen molar-refractivity contribution in [2.24, 2.45) is 4.99 Å². The highest BCUT2D eigenvalue weighted by Gasteiger charge is 2.25. The fourth-order valence-corrected chi connectivity index (χ4v) is 2.65. The molecule has 3 nitrogen and oxygen atoms in total. The molecule has 0 aromatic rings. The van der Waals surface area contributed by atoms with Gasteiger partial charge in [-0.2, -0.15) is 0 Å². The lowest BCUT2D eigenvalue weighted by Gasteiger charge is -2.32. The summed E-state index contributed by atoms with van der Waals surface area (Å²) in [4.78, 5) is 7.27. The molecule has 0 aliphatic carbocycles. The van der Waals surface area contributed by atoms with Crippen molar-refractivity contribution in [2.45, 2.75) is 51.5 Å². The van der Waals surface area contributed by atoms with Crippen molar-refractivity contribution in [3.63, 3.8) is 0 Å². The van der Waals surface area contributed by atoms with Crippen LogP contribution in [0.25, 0.3) is 0 Å². The predicted molar refractivity (Wildman–Crippen MR) is 69.0 cm³/mol. The lowest BCUT2D eigenvalue weighted by molar-refractivity contribution is 0.384. The van der Waals surface area contributed by atoms with Crippen LogP contribution in [0, 0.1) is 0 Å². The van der Waals surface area contributed by atoms with E-state index in [1.807, 2.05) is 0 Å². The van der Waals surface area contributed by atoms with E-state index in [1.54, 1.807) is 0 Å². The molecule has 1 saturated heterocycles. The molecule has 0 saturated carbocycles. The zero-order valence-corrected chi connectivity index (χ0v) is 10.5. The highest BCUT2D eigenvalue weighted by molar-refractivity contribution is 5.88. The quantitative estimate of drug-likeness (QED) is 0.739. The maximum atomic E-state index is 4.75. The van der Waals surface area contributed by atoms with Crippen LogP contribution in [0.2, 0.25) is 0 Å². The Morgan fingerprint density at radius 1 is 1.31 bits per heavy atom. The number of rotatable bonds is 4. The number of hydrogen-bond acceptors (Lipinski definition) is 3. The lowest BCUT2D eigenvalue weighted by Crippen LogP contribution is -2.47. The minimum Gasteiger partial charge on any atom is -0.359 e. The summed E-state index contributed by atoms with van der Waals surface area (Å²) < 4.78 is 0. The van der Waals surface area contributed by atoms with Gasteiger partial charge in [0.05, 0.1) is 6.04 Å². The van der Waals surface area contributed by atoms with Gasteiger partial charge in [0.25, 0.3) is 0 Å². The molecule has 2 rings (SSSR count).